The van der Waals surface area contributed by atoms with Crippen LogP contribution < -0.4 is 10.6 Å². The second-order valence-electron chi connectivity index (χ2n) is 5.51. The van der Waals surface area contributed by atoms with E-state index in [4.69, 9.17) is 0 Å². The van der Waals surface area contributed by atoms with Gasteiger partial charge in [-0.15, -0.1) is 10.2 Å². The van der Waals surface area contributed by atoms with Gasteiger partial charge in [0.2, 0.25) is 11.0 Å². The van der Waals surface area contributed by atoms with Gasteiger partial charge in [-0.3, -0.25) is 14.9 Å². The first-order valence-corrected chi connectivity index (χ1v) is 9.64. The van der Waals surface area contributed by atoms with E-state index in [1.807, 2.05) is 31.2 Å². The summed E-state index contributed by atoms with van der Waals surface area (Å²) in [6.45, 7) is 2.01. The summed E-state index contributed by atoms with van der Waals surface area (Å²) in [7, 11) is 0. The van der Waals surface area contributed by atoms with Gasteiger partial charge in [0.15, 0.2) is 4.34 Å². The minimum atomic E-state index is -0.487. The Morgan fingerprint density at radius 3 is 2.67 bits per heavy atom. The lowest BCUT2D eigenvalue weighted by Gasteiger charge is -2.03. The monoisotopic (exact) mass is 401 g/mol. The number of amides is 1. The third-order valence-corrected chi connectivity index (χ3v) is 5.34. The summed E-state index contributed by atoms with van der Waals surface area (Å²) in [5.41, 5.74) is 2.55. The van der Waals surface area contributed by atoms with E-state index in [0.717, 1.165) is 11.3 Å². The van der Waals surface area contributed by atoms with Crippen LogP contribution >= 0.6 is 23.1 Å². The number of carbonyl (C=O) groups is 1. The lowest BCUT2D eigenvalue weighted by molar-refractivity contribution is -0.384. The molecule has 2 N–H and O–H groups in total. The zero-order chi connectivity index (χ0) is 19.2. The molecule has 1 heterocycles. The molecule has 0 aliphatic carbocycles. The molecule has 0 atom stereocenters. The Labute approximate surface area is 163 Å². The van der Waals surface area contributed by atoms with Gasteiger partial charge < -0.3 is 10.6 Å². The Morgan fingerprint density at radius 1 is 1.19 bits per heavy atom. The molecule has 0 saturated carbocycles. The van der Waals surface area contributed by atoms with Crippen molar-refractivity contribution in [2.24, 2.45) is 0 Å². The lowest BCUT2D eigenvalue weighted by Crippen LogP contribution is -2.13. The molecule has 0 unspecified atom stereocenters. The topological polar surface area (TPSA) is 110 Å². The van der Waals surface area contributed by atoms with Crippen LogP contribution in [0.2, 0.25) is 0 Å². The first-order valence-electron chi connectivity index (χ1n) is 7.84. The van der Waals surface area contributed by atoms with Crippen molar-refractivity contribution in [2.75, 3.05) is 16.4 Å². The molecule has 0 spiro atoms. The smallest absolute Gasteiger partial charge is 0.269 e. The van der Waals surface area contributed by atoms with Gasteiger partial charge in [-0.25, -0.2) is 0 Å². The maximum absolute atomic E-state index is 12.0. The quantitative estimate of drug-likeness (QED) is 0.346. The average Bonchev–Trinajstić information content (AvgIpc) is 3.08. The number of rotatable bonds is 7. The molecule has 3 rings (SSSR count). The van der Waals surface area contributed by atoms with E-state index in [9.17, 15) is 14.9 Å². The van der Waals surface area contributed by atoms with Crippen LogP contribution in [0, 0.1) is 17.0 Å². The predicted molar refractivity (Wildman–Crippen MR) is 107 cm³/mol. The molecule has 1 aromatic heterocycles. The van der Waals surface area contributed by atoms with Crippen molar-refractivity contribution in [3.8, 4) is 0 Å². The fraction of sp³-hybridized carbons (Fsp3) is 0.118. The highest BCUT2D eigenvalue weighted by Gasteiger charge is 2.10. The molecule has 0 saturated heterocycles. The van der Waals surface area contributed by atoms with Gasteiger partial charge in [-0.1, -0.05) is 35.2 Å². The fourth-order valence-electron chi connectivity index (χ4n) is 2.16. The van der Waals surface area contributed by atoms with Gasteiger partial charge in [-0.2, -0.15) is 0 Å². The number of aromatic nitrogens is 2. The van der Waals surface area contributed by atoms with Crippen LogP contribution in [0.4, 0.5) is 22.2 Å². The molecule has 10 heteroatoms. The van der Waals surface area contributed by atoms with Crippen LogP contribution in [-0.2, 0) is 4.79 Å². The van der Waals surface area contributed by atoms with E-state index in [1.54, 1.807) is 0 Å². The van der Waals surface area contributed by atoms with Gasteiger partial charge >= 0.3 is 0 Å². The number of nitrogens with zero attached hydrogens (tertiary/aromatic N) is 3. The number of nitro groups is 1. The van der Waals surface area contributed by atoms with E-state index in [-0.39, 0.29) is 17.3 Å². The molecular formula is C17H15N5O3S2. The number of anilines is 3. The van der Waals surface area contributed by atoms with Crippen molar-refractivity contribution in [1.29, 1.82) is 0 Å². The molecule has 138 valence electrons. The number of carbonyl (C=O) groups excluding carboxylic acids is 1. The Bertz CT molecular complexity index is 959. The highest BCUT2D eigenvalue weighted by atomic mass is 32.2. The summed E-state index contributed by atoms with van der Waals surface area (Å²) >= 11 is 2.64. The number of nitrogens with one attached hydrogen (secondary N) is 2. The summed E-state index contributed by atoms with van der Waals surface area (Å²) in [6.07, 6.45) is 0. The van der Waals surface area contributed by atoms with Crippen LogP contribution in [0.3, 0.4) is 0 Å². The molecule has 8 nitrogen and oxygen atoms in total. The van der Waals surface area contributed by atoms with Gasteiger partial charge in [0.25, 0.3) is 5.69 Å². The number of benzene rings is 2. The number of hydrogen-bond donors (Lipinski definition) is 2. The minimum Gasteiger partial charge on any atom is -0.330 e. The average molecular weight is 401 g/mol. The number of non-ortho nitro benzene ring substituents is 1. The van der Waals surface area contributed by atoms with Crippen molar-refractivity contribution in [3.63, 3.8) is 0 Å². The predicted octanol–water partition coefficient (Wildman–Crippen LogP) is 4.23. The number of thioether (sulfide) groups is 1. The molecule has 0 fully saturated rings. The molecule has 0 aliphatic rings. The van der Waals surface area contributed by atoms with Gasteiger partial charge in [0.05, 0.1) is 10.7 Å². The highest BCUT2D eigenvalue weighted by Crippen LogP contribution is 2.28. The molecule has 1 amide bonds. The second kappa shape index (κ2) is 8.60. The number of hydrogen-bond acceptors (Lipinski definition) is 8. The van der Waals surface area contributed by atoms with Gasteiger partial charge in [0, 0.05) is 23.5 Å². The highest BCUT2D eigenvalue weighted by molar-refractivity contribution is 8.01. The zero-order valence-electron chi connectivity index (χ0n) is 14.2. The van der Waals surface area contributed by atoms with Crippen molar-refractivity contribution >= 4 is 51.2 Å². The normalized spacial score (nSPS) is 10.4. The molecule has 0 bridgehead atoms. The van der Waals surface area contributed by atoms with Crippen LogP contribution in [0.25, 0.3) is 0 Å². The second-order valence-corrected chi connectivity index (χ2v) is 7.71. The van der Waals surface area contributed by atoms with Gasteiger partial charge in [-0.05, 0) is 36.8 Å². The molecule has 3 aromatic rings. The summed E-state index contributed by atoms with van der Waals surface area (Å²) in [6, 6.07) is 13.6. The van der Waals surface area contributed by atoms with Crippen molar-refractivity contribution in [1.82, 2.24) is 10.2 Å². The number of nitro benzene ring substituents is 1. The van der Waals surface area contributed by atoms with E-state index in [0.29, 0.717) is 15.2 Å². The third-order valence-electron chi connectivity index (χ3n) is 3.36. The van der Waals surface area contributed by atoms with Crippen LogP contribution in [0.1, 0.15) is 5.56 Å². The molecule has 0 radical (unpaired) electrons. The molecule has 2 aromatic carbocycles. The first-order chi connectivity index (χ1) is 13.0. The zero-order valence-corrected chi connectivity index (χ0v) is 15.8. The van der Waals surface area contributed by atoms with Crippen LogP contribution in [-0.4, -0.2) is 26.8 Å². The number of aryl methyl sites for hydroxylation is 1. The lowest BCUT2D eigenvalue weighted by atomic mass is 10.2. The molecule has 0 aliphatic heterocycles. The Morgan fingerprint density at radius 2 is 1.96 bits per heavy atom. The Hall–Kier alpha value is -2.98. The summed E-state index contributed by atoms with van der Waals surface area (Å²) < 4.78 is 0.670. The summed E-state index contributed by atoms with van der Waals surface area (Å²) in [5.74, 6) is -0.0620. The minimum absolute atomic E-state index is 0.0233. The van der Waals surface area contributed by atoms with Gasteiger partial charge in [0.1, 0.15) is 0 Å². The third kappa shape index (κ3) is 5.50. The largest absolute Gasteiger partial charge is 0.330 e. The van der Waals surface area contributed by atoms with Crippen molar-refractivity contribution in [2.45, 2.75) is 11.3 Å². The maximum Gasteiger partial charge on any atom is 0.269 e. The molecular weight excluding hydrogens is 386 g/mol. The van der Waals surface area contributed by atoms with Crippen molar-refractivity contribution in [3.05, 3.63) is 64.2 Å². The fourth-order valence-corrected chi connectivity index (χ4v) is 3.73. The van der Waals surface area contributed by atoms with Crippen LogP contribution in [0.5, 0.6) is 0 Å². The van der Waals surface area contributed by atoms with E-state index < -0.39 is 4.92 Å². The van der Waals surface area contributed by atoms with E-state index in [2.05, 4.69) is 20.8 Å². The van der Waals surface area contributed by atoms with Crippen molar-refractivity contribution < 1.29 is 9.72 Å². The summed E-state index contributed by atoms with van der Waals surface area (Å²) in [5, 5.41) is 25.3. The van der Waals surface area contributed by atoms with E-state index in [1.165, 1.54) is 47.4 Å². The standard InChI is InChI=1S/C17H15N5O3S2/c1-11-3-2-4-13(9-11)19-16-20-21-17(27-16)26-10-15(23)18-12-5-7-14(8-6-12)22(24)25/h2-9H,10H2,1H3,(H,18,23)(H,19,20). The van der Waals surface area contributed by atoms with Crippen LogP contribution in [0.15, 0.2) is 52.9 Å². The SMILES string of the molecule is Cc1cccc(Nc2nnc(SCC(=O)Nc3ccc([N+](=O)[O-])cc3)s2)c1. The first kappa shape index (κ1) is 18.8. The Balaban J connectivity index is 1.50. The van der Waals surface area contributed by atoms with E-state index >= 15 is 0 Å². The Kier molecular flexibility index (Phi) is 5.99. The molecule has 27 heavy (non-hydrogen) atoms. The summed E-state index contributed by atoms with van der Waals surface area (Å²) in [4.78, 5) is 22.2. The maximum atomic E-state index is 12.0.